The van der Waals surface area contributed by atoms with Crippen molar-refractivity contribution in [3.63, 3.8) is 0 Å². The van der Waals surface area contributed by atoms with Crippen molar-refractivity contribution in [2.24, 2.45) is 5.10 Å². The van der Waals surface area contributed by atoms with Gasteiger partial charge in [0, 0.05) is 16.1 Å². The molecule has 114 valence electrons. The van der Waals surface area contributed by atoms with Crippen molar-refractivity contribution in [2.75, 3.05) is 0 Å². The molecule has 2 N–H and O–H groups in total. The van der Waals surface area contributed by atoms with E-state index in [0.717, 1.165) is 10.9 Å². The van der Waals surface area contributed by atoms with Crippen LogP contribution in [0.4, 0.5) is 0 Å². The van der Waals surface area contributed by atoms with Crippen LogP contribution in [-0.2, 0) is 0 Å². The number of hydrazone groups is 1. The van der Waals surface area contributed by atoms with E-state index in [1.54, 1.807) is 24.3 Å². The van der Waals surface area contributed by atoms with Crippen LogP contribution in [0.15, 0.2) is 64.5 Å². The number of para-hydroxylation sites is 1. The van der Waals surface area contributed by atoms with E-state index in [4.69, 9.17) is 11.6 Å². The summed E-state index contributed by atoms with van der Waals surface area (Å²) in [4.78, 5) is 26.6. The molecule has 6 heteroatoms. The maximum atomic E-state index is 11.9. The fourth-order valence-corrected chi connectivity index (χ4v) is 2.31. The summed E-state index contributed by atoms with van der Waals surface area (Å²) in [6, 6.07) is 15.6. The number of carbonyl (C=O) groups is 1. The summed E-state index contributed by atoms with van der Waals surface area (Å²) in [6.07, 6.45) is 1.31. The molecule has 0 saturated carbocycles. The highest BCUT2D eigenvalue weighted by Crippen LogP contribution is 2.11. The van der Waals surface area contributed by atoms with Crippen LogP contribution in [0, 0.1) is 0 Å². The van der Waals surface area contributed by atoms with E-state index in [-0.39, 0.29) is 5.56 Å². The van der Waals surface area contributed by atoms with Gasteiger partial charge in [0.15, 0.2) is 0 Å². The lowest BCUT2D eigenvalue weighted by molar-refractivity contribution is 0.0955. The molecule has 0 aliphatic carbocycles. The van der Waals surface area contributed by atoms with Crippen molar-refractivity contribution in [1.29, 1.82) is 0 Å². The number of nitrogens with zero attached hydrogens (tertiary/aromatic N) is 1. The molecular weight excluding hydrogens is 314 g/mol. The second-order valence-corrected chi connectivity index (χ2v) is 5.29. The lowest BCUT2D eigenvalue weighted by Gasteiger charge is -2.01. The number of amides is 1. The normalized spacial score (nSPS) is 11.0. The third-order valence-electron chi connectivity index (χ3n) is 3.24. The second kappa shape index (κ2) is 6.46. The predicted molar refractivity (Wildman–Crippen MR) is 91.1 cm³/mol. The number of benzene rings is 2. The van der Waals surface area contributed by atoms with Crippen LogP contribution in [-0.4, -0.2) is 17.1 Å². The van der Waals surface area contributed by atoms with Gasteiger partial charge < -0.3 is 4.98 Å². The Morgan fingerprint density at radius 3 is 2.78 bits per heavy atom. The van der Waals surface area contributed by atoms with Crippen molar-refractivity contribution >= 4 is 34.6 Å². The molecule has 0 aliphatic rings. The molecule has 0 saturated heterocycles. The Labute approximate surface area is 136 Å². The van der Waals surface area contributed by atoms with Gasteiger partial charge in [-0.2, -0.15) is 5.10 Å². The summed E-state index contributed by atoms with van der Waals surface area (Å²) in [5.41, 5.74) is 3.59. The van der Waals surface area contributed by atoms with E-state index >= 15 is 0 Å². The Hall–Kier alpha value is -2.92. The third kappa shape index (κ3) is 3.46. The van der Waals surface area contributed by atoms with Crippen LogP contribution in [0.3, 0.4) is 0 Å². The summed E-state index contributed by atoms with van der Waals surface area (Å²) >= 11 is 5.83. The van der Waals surface area contributed by atoms with Crippen LogP contribution >= 0.6 is 11.6 Å². The zero-order valence-electron chi connectivity index (χ0n) is 11.9. The molecule has 2 aromatic carbocycles. The minimum atomic E-state index is -0.402. The lowest BCUT2D eigenvalue weighted by Crippen LogP contribution is -2.19. The molecule has 0 unspecified atom stereocenters. The fraction of sp³-hybridized carbons (Fsp3) is 0. The Balaban J connectivity index is 1.79. The van der Waals surface area contributed by atoms with Crippen molar-refractivity contribution in [1.82, 2.24) is 10.4 Å². The van der Waals surface area contributed by atoms with Crippen LogP contribution in [0.1, 0.15) is 15.9 Å². The number of aromatic nitrogens is 1. The largest absolute Gasteiger partial charge is 0.321 e. The monoisotopic (exact) mass is 325 g/mol. The number of nitrogens with one attached hydrogen (secondary N) is 2. The molecule has 0 atom stereocenters. The minimum absolute atomic E-state index is 0.274. The molecule has 0 bridgehead atoms. The number of fused-ring (bicyclic) bond motifs is 1. The van der Waals surface area contributed by atoms with Crippen molar-refractivity contribution in [3.05, 3.63) is 81.1 Å². The number of aromatic amines is 1. The molecule has 23 heavy (non-hydrogen) atoms. The van der Waals surface area contributed by atoms with Crippen molar-refractivity contribution in [2.45, 2.75) is 0 Å². The molecule has 3 rings (SSSR count). The highest BCUT2D eigenvalue weighted by molar-refractivity contribution is 6.30. The summed E-state index contributed by atoms with van der Waals surface area (Å²) in [5, 5.41) is 5.18. The summed E-state index contributed by atoms with van der Waals surface area (Å²) in [7, 11) is 0. The molecule has 1 amide bonds. The molecule has 5 nitrogen and oxygen atoms in total. The molecule has 0 spiro atoms. The van der Waals surface area contributed by atoms with E-state index in [1.165, 1.54) is 12.3 Å². The zero-order valence-corrected chi connectivity index (χ0v) is 12.7. The summed E-state index contributed by atoms with van der Waals surface area (Å²) in [5.74, 6) is -0.402. The number of carbonyl (C=O) groups excluding carboxylic acids is 1. The number of pyridine rings is 1. The molecular formula is C17H12ClN3O2. The van der Waals surface area contributed by atoms with Gasteiger partial charge in [-0.05, 0) is 35.7 Å². The van der Waals surface area contributed by atoms with Crippen LogP contribution in [0.2, 0.25) is 5.02 Å². The van der Waals surface area contributed by atoms with E-state index in [1.807, 2.05) is 24.3 Å². The summed E-state index contributed by atoms with van der Waals surface area (Å²) < 4.78 is 0. The van der Waals surface area contributed by atoms with E-state index in [0.29, 0.717) is 16.1 Å². The molecule has 0 aliphatic heterocycles. The lowest BCUT2D eigenvalue weighted by atomic mass is 10.2. The van der Waals surface area contributed by atoms with Crippen molar-refractivity contribution < 1.29 is 4.79 Å². The van der Waals surface area contributed by atoms with Gasteiger partial charge in [0.2, 0.25) is 0 Å². The first kappa shape index (κ1) is 15.0. The first-order chi connectivity index (χ1) is 11.1. The molecule has 0 fully saturated rings. The molecule has 1 aromatic heterocycles. The number of halogens is 1. The minimum Gasteiger partial charge on any atom is -0.321 e. The van der Waals surface area contributed by atoms with Crippen LogP contribution in [0.25, 0.3) is 10.9 Å². The van der Waals surface area contributed by atoms with Crippen LogP contribution in [0.5, 0.6) is 0 Å². The second-order valence-electron chi connectivity index (χ2n) is 4.85. The van der Waals surface area contributed by atoms with Gasteiger partial charge in [-0.3, -0.25) is 9.59 Å². The maximum absolute atomic E-state index is 11.9. The Bertz CT molecular complexity index is 963. The number of H-pyrrole nitrogens is 1. The Kier molecular flexibility index (Phi) is 4.21. The zero-order chi connectivity index (χ0) is 16.2. The quantitative estimate of drug-likeness (QED) is 0.574. The topological polar surface area (TPSA) is 74.3 Å². The maximum Gasteiger partial charge on any atom is 0.271 e. The van der Waals surface area contributed by atoms with Gasteiger partial charge >= 0.3 is 0 Å². The Morgan fingerprint density at radius 2 is 1.96 bits per heavy atom. The molecule has 3 aromatic rings. The molecule has 1 heterocycles. The van der Waals surface area contributed by atoms with E-state index in [9.17, 15) is 9.59 Å². The standard InChI is InChI=1S/C17H12ClN3O2/c18-14-6-3-5-12(9-14)17(23)21-19-10-13-8-11-4-1-2-7-15(11)20-16(13)22/h1-10H,(H,20,22)(H,21,23)/b19-10-. The number of hydrogen-bond acceptors (Lipinski definition) is 3. The average molecular weight is 326 g/mol. The SMILES string of the molecule is O=C(N/N=C\c1cc2ccccc2[nH]c1=O)c1cccc(Cl)c1. The van der Waals surface area contributed by atoms with Gasteiger partial charge in [-0.15, -0.1) is 0 Å². The number of rotatable bonds is 3. The van der Waals surface area contributed by atoms with Gasteiger partial charge in [0.25, 0.3) is 11.5 Å². The highest BCUT2D eigenvalue weighted by Gasteiger charge is 2.04. The molecule has 0 radical (unpaired) electrons. The summed E-state index contributed by atoms with van der Waals surface area (Å²) in [6.45, 7) is 0. The third-order valence-corrected chi connectivity index (χ3v) is 3.47. The van der Waals surface area contributed by atoms with E-state index in [2.05, 4.69) is 15.5 Å². The number of hydrogen-bond donors (Lipinski definition) is 2. The smallest absolute Gasteiger partial charge is 0.271 e. The predicted octanol–water partition coefficient (Wildman–Crippen LogP) is 2.95. The fourth-order valence-electron chi connectivity index (χ4n) is 2.11. The van der Waals surface area contributed by atoms with Crippen molar-refractivity contribution in [3.8, 4) is 0 Å². The van der Waals surface area contributed by atoms with Gasteiger partial charge in [0.1, 0.15) is 0 Å². The average Bonchev–Trinajstić information content (AvgIpc) is 2.55. The van der Waals surface area contributed by atoms with E-state index < -0.39 is 5.91 Å². The van der Waals surface area contributed by atoms with Gasteiger partial charge in [0.05, 0.1) is 11.8 Å². The van der Waals surface area contributed by atoms with Crippen LogP contribution < -0.4 is 11.0 Å². The van der Waals surface area contributed by atoms with Gasteiger partial charge in [-0.1, -0.05) is 35.9 Å². The first-order valence-electron chi connectivity index (χ1n) is 6.84. The highest BCUT2D eigenvalue weighted by atomic mass is 35.5. The first-order valence-corrected chi connectivity index (χ1v) is 7.22. The van der Waals surface area contributed by atoms with Gasteiger partial charge in [-0.25, -0.2) is 5.43 Å². The Morgan fingerprint density at radius 1 is 1.13 bits per heavy atom.